The van der Waals surface area contributed by atoms with E-state index in [1.54, 1.807) is 0 Å². The van der Waals surface area contributed by atoms with E-state index in [1.165, 1.54) is 44.6 Å². The van der Waals surface area contributed by atoms with Crippen LogP contribution in [0.1, 0.15) is 12.8 Å². The van der Waals surface area contributed by atoms with Crippen molar-refractivity contribution >= 4 is 38.9 Å². The Kier molecular flexibility index (Phi) is 6.68. The highest BCUT2D eigenvalue weighted by molar-refractivity contribution is 7.89. The number of methoxy groups -OCH3 is 2. The van der Waals surface area contributed by atoms with Gasteiger partial charge in [0.2, 0.25) is 15.9 Å². The van der Waals surface area contributed by atoms with Crippen LogP contribution in [0.15, 0.2) is 41.3 Å². The first-order chi connectivity index (χ1) is 14.7. The summed E-state index contributed by atoms with van der Waals surface area (Å²) in [5.74, 6) is -0.0558. The summed E-state index contributed by atoms with van der Waals surface area (Å²) >= 11 is 5.80. The van der Waals surface area contributed by atoms with Crippen molar-refractivity contribution in [3.8, 4) is 11.5 Å². The number of carbonyl (C=O) groups is 1. The van der Waals surface area contributed by atoms with Crippen molar-refractivity contribution in [3.05, 3.63) is 51.5 Å². The molecule has 0 radical (unpaired) electrons. The van der Waals surface area contributed by atoms with Gasteiger partial charge in [0.05, 0.1) is 24.0 Å². The monoisotopic (exact) mass is 469 g/mol. The number of nitro benzene ring substituents is 1. The van der Waals surface area contributed by atoms with Crippen molar-refractivity contribution in [2.75, 3.05) is 26.1 Å². The number of benzene rings is 2. The van der Waals surface area contributed by atoms with Gasteiger partial charge in [-0.05, 0) is 37.1 Å². The minimum Gasteiger partial charge on any atom is -0.493 e. The highest BCUT2D eigenvalue weighted by Gasteiger charge is 2.40. The lowest BCUT2D eigenvalue weighted by Gasteiger charge is -2.23. The van der Waals surface area contributed by atoms with Crippen molar-refractivity contribution in [2.24, 2.45) is 0 Å². The summed E-state index contributed by atoms with van der Waals surface area (Å²) in [6, 6.07) is 6.96. The molecule has 0 aromatic heterocycles. The van der Waals surface area contributed by atoms with Gasteiger partial charge in [-0.15, -0.1) is 0 Å². The fourth-order valence-corrected chi connectivity index (χ4v) is 5.22. The Morgan fingerprint density at radius 2 is 1.90 bits per heavy atom. The average molecular weight is 470 g/mol. The van der Waals surface area contributed by atoms with Crippen molar-refractivity contribution in [2.45, 2.75) is 23.8 Å². The van der Waals surface area contributed by atoms with Gasteiger partial charge >= 0.3 is 0 Å². The number of halogens is 1. The molecule has 1 N–H and O–H groups in total. The molecule has 1 aliphatic rings. The molecule has 1 amide bonds. The van der Waals surface area contributed by atoms with Crippen LogP contribution in [0, 0.1) is 10.1 Å². The third-order valence-corrected chi connectivity index (χ3v) is 7.02. The second-order valence-electron chi connectivity index (χ2n) is 6.70. The van der Waals surface area contributed by atoms with E-state index in [-0.39, 0.29) is 40.0 Å². The van der Waals surface area contributed by atoms with Crippen LogP contribution in [0.3, 0.4) is 0 Å². The molecule has 1 saturated heterocycles. The first-order valence-electron chi connectivity index (χ1n) is 9.17. The van der Waals surface area contributed by atoms with Crippen molar-refractivity contribution < 1.29 is 27.6 Å². The Labute approximate surface area is 183 Å². The van der Waals surface area contributed by atoms with E-state index in [2.05, 4.69) is 5.32 Å². The van der Waals surface area contributed by atoms with E-state index in [0.29, 0.717) is 12.2 Å². The minimum absolute atomic E-state index is 0.0534. The molecule has 1 heterocycles. The number of anilines is 1. The van der Waals surface area contributed by atoms with Crippen LogP contribution < -0.4 is 14.8 Å². The number of hydrogen-bond acceptors (Lipinski definition) is 7. The van der Waals surface area contributed by atoms with Crippen LogP contribution in [-0.4, -0.2) is 50.4 Å². The molecule has 31 heavy (non-hydrogen) atoms. The molecule has 12 heteroatoms. The van der Waals surface area contributed by atoms with Gasteiger partial charge in [-0.3, -0.25) is 14.9 Å². The predicted molar refractivity (Wildman–Crippen MR) is 113 cm³/mol. The topological polar surface area (TPSA) is 128 Å². The van der Waals surface area contributed by atoms with Gasteiger partial charge in [0.25, 0.3) is 5.69 Å². The SMILES string of the molecule is COc1ccc(S(=O)(=O)N2CCCC2C(=O)Nc2ccc(Cl)cc2[N+](=O)[O-])cc1OC. The number of amides is 1. The quantitative estimate of drug-likeness (QED) is 0.487. The predicted octanol–water partition coefficient (Wildman–Crippen LogP) is 3.06. The Hall–Kier alpha value is -2.89. The number of hydrogen-bond donors (Lipinski definition) is 1. The van der Waals surface area contributed by atoms with Gasteiger partial charge in [-0.25, -0.2) is 8.42 Å². The molecule has 2 aromatic carbocycles. The van der Waals surface area contributed by atoms with Crippen LogP contribution >= 0.6 is 11.6 Å². The van der Waals surface area contributed by atoms with Crippen molar-refractivity contribution in [3.63, 3.8) is 0 Å². The number of ether oxygens (including phenoxy) is 2. The molecule has 1 unspecified atom stereocenters. The maximum Gasteiger partial charge on any atom is 0.294 e. The zero-order valence-corrected chi connectivity index (χ0v) is 18.3. The van der Waals surface area contributed by atoms with Gasteiger partial charge < -0.3 is 14.8 Å². The highest BCUT2D eigenvalue weighted by Crippen LogP contribution is 2.34. The summed E-state index contributed by atoms with van der Waals surface area (Å²) in [4.78, 5) is 23.4. The number of carbonyl (C=O) groups excluding carboxylic acids is 1. The Bertz CT molecular complexity index is 1120. The zero-order valence-electron chi connectivity index (χ0n) is 16.7. The van der Waals surface area contributed by atoms with Gasteiger partial charge in [-0.2, -0.15) is 4.31 Å². The fraction of sp³-hybridized carbons (Fsp3) is 0.316. The Morgan fingerprint density at radius 3 is 2.55 bits per heavy atom. The van der Waals surface area contributed by atoms with Crippen LogP contribution in [-0.2, 0) is 14.8 Å². The second-order valence-corrected chi connectivity index (χ2v) is 9.03. The molecule has 0 aliphatic carbocycles. The molecular formula is C19H20ClN3O7S. The van der Waals surface area contributed by atoms with Gasteiger partial charge in [-0.1, -0.05) is 11.6 Å². The normalized spacial score (nSPS) is 16.7. The van der Waals surface area contributed by atoms with Crippen LogP contribution in [0.4, 0.5) is 11.4 Å². The smallest absolute Gasteiger partial charge is 0.294 e. The van der Waals surface area contributed by atoms with Gasteiger partial charge in [0.1, 0.15) is 11.7 Å². The molecule has 3 rings (SSSR count). The number of nitro groups is 1. The Morgan fingerprint density at radius 1 is 1.19 bits per heavy atom. The summed E-state index contributed by atoms with van der Waals surface area (Å²) in [6.45, 7) is 0.136. The second kappa shape index (κ2) is 9.08. The summed E-state index contributed by atoms with van der Waals surface area (Å²) in [6.07, 6.45) is 0.743. The standard InChI is InChI=1S/C19H20ClN3O7S/c1-29-17-8-6-13(11-18(17)30-2)31(27,28)22-9-3-4-15(22)19(24)21-14-7-5-12(20)10-16(14)23(25)26/h5-8,10-11,15H,3-4,9H2,1-2H3,(H,21,24). The number of sulfonamides is 1. The largest absolute Gasteiger partial charge is 0.493 e. The van der Waals surface area contributed by atoms with E-state index >= 15 is 0 Å². The fourth-order valence-electron chi connectivity index (χ4n) is 3.38. The lowest BCUT2D eigenvalue weighted by atomic mass is 10.2. The molecule has 1 aliphatic heterocycles. The third-order valence-electron chi connectivity index (χ3n) is 4.88. The molecule has 0 spiro atoms. The summed E-state index contributed by atoms with van der Waals surface area (Å²) in [7, 11) is -1.21. The van der Waals surface area contributed by atoms with Gasteiger partial charge in [0.15, 0.2) is 11.5 Å². The van der Waals surface area contributed by atoms with Gasteiger partial charge in [0, 0.05) is 23.7 Å². The minimum atomic E-state index is -4.03. The molecule has 0 bridgehead atoms. The van der Waals surface area contributed by atoms with E-state index in [4.69, 9.17) is 21.1 Å². The van der Waals surface area contributed by atoms with Crippen LogP contribution in [0.25, 0.3) is 0 Å². The maximum atomic E-state index is 13.2. The van der Waals surface area contributed by atoms with Crippen molar-refractivity contribution in [1.82, 2.24) is 4.31 Å². The average Bonchev–Trinajstić information content (AvgIpc) is 3.25. The molecule has 0 saturated carbocycles. The van der Waals surface area contributed by atoms with E-state index in [9.17, 15) is 23.3 Å². The first-order valence-corrected chi connectivity index (χ1v) is 11.0. The summed E-state index contributed by atoms with van der Waals surface area (Å²) in [5, 5.41) is 13.9. The van der Waals surface area contributed by atoms with E-state index < -0.39 is 26.9 Å². The van der Waals surface area contributed by atoms with Crippen molar-refractivity contribution in [1.29, 1.82) is 0 Å². The molecule has 2 aromatic rings. The number of nitrogens with one attached hydrogen (secondary N) is 1. The maximum absolute atomic E-state index is 13.2. The molecular weight excluding hydrogens is 450 g/mol. The zero-order chi connectivity index (χ0) is 22.8. The number of rotatable bonds is 7. The number of nitrogens with zero attached hydrogens (tertiary/aromatic N) is 2. The van der Waals surface area contributed by atoms with E-state index in [0.717, 1.165) is 10.4 Å². The third kappa shape index (κ3) is 4.58. The first kappa shape index (κ1) is 22.8. The lowest BCUT2D eigenvalue weighted by molar-refractivity contribution is -0.383. The van der Waals surface area contributed by atoms with E-state index in [1.807, 2.05) is 0 Å². The highest BCUT2D eigenvalue weighted by atomic mass is 35.5. The summed E-state index contributed by atoms with van der Waals surface area (Å²) < 4.78 is 37.8. The summed E-state index contributed by atoms with van der Waals surface area (Å²) in [5.41, 5.74) is -0.442. The van der Waals surface area contributed by atoms with Crippen LogP contribution in [0.5, 0.6) is 11.5 Å². The molecule has 1 fully saturated rings. The molecule has 1 atom stereocenters. The molecule has 10 nitrogen and oxygen atoms in total. The van der Waals surface area contributed by atoms with Crippen LogP contribution in [0.2, 0.25) is 5.02 Å². The molecule has 166 valence electrons. The lowest BCUT2D eigenvalue weighted by Crippen LogP contribution is -2.43. The Balaban J connectivity index is 1.89.